The van der Waals surface area contributed by atoms with Crippen molar-refractivity contribution in [1.82, 2.24) is 5.32 Å². The molecule has 2 rings (SSSR count). The van der Waals surface area contributed by atoms with Crippen LogP contribution in [-0.4, -0.2) is 29.1 Å². The monoisotopic (exact) mass is 373 g/mol. The lowest BCUT2D eigenvalue weighted by atomic mass is 10.1. The second-order valence-electron chi connectivity index (χ2n) is 5.41. The number of benzene rings is 1. The summed E-state index contributed by atoms with van der Waals surface area (Å²) in [6, 6.07) is 2.95. The van der Waals surface area contributed by atoms with Crippen LogP contribution in [0.4, 0.5) is 4.39 Å². The number of ether oxygens (including phenoxy) is 1. The average Bonchev–Trinajstić information content (AvgIpc) is 3.24. The van der Waals surface area contributed by atoms with E-state index < -0.39 is 29.8 Å². The SMILES string of the molecule is CC(Oc1ccc(F)cc1Br)C(=O)NC(CC1CC1)C(=O)O. The molecule has 22 heavy (non-hydrogen) atoms. The predicted octanol–water partition coefficient (Wildman–Crippen LogP) is 2.73. The van der Waals surface area contributed by atoms with Crippen molar-refractivity contribution in [3.05, 3.63) is 28.5 Å². The number of carboxylic acid groups (broad SMARTS) is 1. The fourth-order valence-corrected chi connectivity index (χ4v) is 2.46. The lowest BCUT2D eigenvalue weighted by Crippen LogP contribution is -2.46. The first-order valence-electron chi connectivity index (χ1n) is 7.01. The summed E-state index contributed by atoms with van der Waals surface area (Å²) >= 11 is 3.15. The first-order valence-corrected chi connectivity index (χ1v) is 7.81. The van der Waals surface area contributed by atoms with Crippen molar-refractivity contribution in [1.29, 1.82) is 0 Å². The summed E-state index contributed by atoms with van der Waals surface area (Å²) in [5.41, 5.74) is 0. The summed E-state index contributed by atoms with van der Waals surface area (Å²) in [5, 5.41) is 11.6. The van der Waals surface area contributed by atoms with Gasteiger partial charge in [0.1, 0.15) is 17.6 Å². The third kappa shape index (κ3) is 4.69. The minimum atomic E-state index is -1.05. The van der Waals surface area contributed by atoms with E-state index in [0.717, 1.165) is 12.8 Å². The van der Waals surface area contributed by atoms with Crippen LogP contribution in [0.15, 0.2) is 22.7 Å². The number of hydrogen-bond acceptors (Lipinski definition) is 3. The standard InChI is InChI=1S/C15H17BrFNO4/c1-8(22-13-5-4-10(17)7-11(13)16)14(19)18-12(15(20)21)6-9-2-3-9/h4-5,7-9,12H,2-3,6H2,1H3,(H,18,19)(H,20,21). The van der Waals surface area contributed by atoms with Crippen LogP contribution >= 0.6 is 15.9 Å². The molecule has 7 heteroatoms. The molecule has 120 valence electrons. The number of hydrogen-bond donors (Lipinski definition) is 2. The Morgan fingerprint density at radius 2 is 2.18 bits per heavy atom. The lowest BCUT2D eigenvalue weighted by molar-refractivity contribution is -0.143. The van der Waals surface area contributed by atoms with Gasteiger partial charge in [0, 0.05) is 0 Å². The van der Waals surface area contributed by atoms with Crippen molar-refractivity contribution < 1.29 is 23.8 Å². The van der Waals surface area contributed by atoms with Crippen molar-refractivity contribution in [3.63, 3.8) is 0 Å². The van der Waals surface area contributed by atoms with Gasteiger partial charge in [-0.3, -0.25) is 4.79 Å². The Morgan fingerprint density at radius 3 is 2.73 bits per heavy atom. The highest BCUT2D eigenvalue weighted by Crippen LogP contribution is 2.33. The number of carboxylic acids is 1. The molecule has 0 aromatic heterocycles. The maximum Gasteiger partial charge on any atom is 0.326 e. The van der Waals surface area contributed by atoms with Gasteiger partial charge in [0.15, 0.2) is 6.10 Å². The molecule has 2 unspecified atom stereocenters. The second kappa shape index (κ2) is 7.09. The van der Waals surface area contributed by atoms with E-state index in [9.17, 15) is 14.0 Å². The highest BCUT2D eigenvalue weighted by atomic mass is 79.9. The molecule has 1 aliphatic rings. The van der Waals surface area contributed by atoms with Crippen LogP contribution in [0.5, 0.6) is 5.75 Å². The summed E-state index contributed by atoms with van der Waals surface area (Å²) in [6.07, 6.45) is 1.57. The van der Waals surface area contributed by atoms with Crippen LogP contribution in [0, 0.1) is 11.7 Å². The van der Waals surface area contributed by atoms with E-state index in [1.807, 2.05) is 0 Å². The van der Waals surface area contributed by atoms with Gasteiger partial charge >= 0.3 is 5.97 Å². The Hall–Kier alpha value is -1.63. The molecule has 2 atom stereocenters. The first-order chi connectivity index (χ1) is 10.4. The van der Waals surface area contributed by atoms with E-state index in [2.05, 4.69) is 21.2 Å². The molecule has 1 aliphatic carbocycles. The maximum absolute atomic E-state index is 13.0. The molecule has 0 radical (unpaired) electrons. The summed E-state index contributed by atoms with van der Waals surface area (Å²) in [5.74, 6) is -1.28. The van der Waals surface area contributed by atoms with E-state index in [-0.39, 0.29) is 0 Å². The van der Waals surface area contributed by atoms with Gasteiger partial charge in [-0.05, 0) is 53.4 Å². The third-order valence-electron chi connectivity index (χ3n) is 3.45. The summed E-state index contributed by atoms with van der Waals surface area (Å²) in [4.78, 5) is 23.2. The molecule has 2 N–H and O–H groups in total. The predicted molar refractivity (Wildman–Crippen MR) is 81.1 cm³/mol. The molecule has 0 bridgehead atoms. The molecule has 1 aromatic rings. The van der Waals surface area contributed by atoms with Crippen LogP contribution in [0.1, 0.15) is 26.2 Å². The van der Waals surface area contributed by atoms with Crippen molar-refractivity contribution in [2.45, 2.75) is 38.3 Å². The first kappa shape index (κ1) is 16.7. The smallest absolute Gasteiger partial charge is 0.326 e. The Bertz CT molecular complexity index is 577. The zero-order valence-corrected chi connectivity index (χ0v) is 13.6. The number of halogens is 2. The maximum atomic E-state index is 13.0. The molecular formula is C15H17BrFNO4. The van der Waals surface area contributed by atoms with Crippen molar-refractivity contribution in [2.75, 3.05) is 0 Å². The van der Waals surface area contributed by atoms with Crippen LogP contribution in [0.25, 0.3) is 0 Å². The van der Waals surface area contributed by atoms with Gasteiger partial charge in [-0.1, -0.05) is 12.8 Å². The number of carbonyl (C=O) groups is 2. The van der Waals surface area contributed by atoms with Gasteiger partial charge in [0.25, 0.3) is 5.91 Å². The molecular weight excluding hydrogens is 357 g/mol. The lowest BCUT2D eigenvalue weighted by Gasteiger charge is -2.19. The summed E-state index contributed by atoms with van der Waals surface area (Å²) in [7, 11) is 0. The van der Waals surface area contributed by atoms with Gasteiger partial charge in [-0.25, -0.2) is 9.18 Å². The Labute approximate surface area is 136 Å². The van der Waals surface area contributed by atoms with Gasteiger partial charge in [-0.15, -0.1) is 0 Å². The van der Waals surface area contributed by atoms with Crippen molar-refractivity contribution in [2.24, 2.45) is 5.92 Å². The zero-order chi connectivity index (χ0) is 16.3. The normalized spacial score (nSPS) is 16.7. The average molecular weight is 374 g/mol. The quantitative estimate of drug-likeness (QED) is 0.770. The number of nitrogens with one attached hydrogen (secondary N) is 1. The molecule has 0 aliphatic heterocycles. The summed E-state index contributed by atoms with van der Waals surface area (Å²) < 4.78 is 18.8. The fourth-order valence-electron chi connectivity index (χ4n) is 2.01. The Morgan fingerprint density at radius 1 is 1.50 bits per heavy atom. The van der Waals surface area contributed by atoms with E-state index in [1.54, 1.807) is 0 Å². The van der Waals surface area contributed by atoms with Crippen molar-refractivity contribution >= 4 is 27.8 Å². The fraction of sp³-hybridized carbons (Fsp3) is 0.467. The van der Waals surface area contributed by atoms with E-state index in [0.29, 0.717) is 22.6 Å². The number of aliphatic carboxylic acids is 1. The topological polar surface area (TPSA) is 75.6 Å². The van der Waals surface area contributed by atoms with Gasteiger partial charge in [-0.2, -0.15) is 0 Å². The van der Waals surface area contributed by atoms with Crippen LogP contribution in [-0.2, 0) is 9.59 Å². The minimum Gasteiger partial charge on any atom is -0.480 e. The number of amides is 1. The van der Waals surface area contributed by atoms with Crippen LogP contribution in [0.2, 0.25) is 0 Å². The molecule has 1 fully saturated rings. The van der Waals surface area contributed by atoms with E-state index >= 15 is 0 Å². The zero-order valence-electron chi connectivity index (χ0n) is 12.0. The second-order valence-corrected chi connectivity index (χ2v) is 6.27. The highest BCUT2D eigenvalue weighted by Gasteiger charge is 2.31. The number of carbonyl (C=O) groups excluding carboxylic acids is 1. The third-order valence-corrected chi connectivity index (χ3v) is 4.07. The minimum absolute atomic E-state index is 0.318. The molecule has 1 aromatic carbocycles. The molecule has 5 nitrogen and oxygen atoms in total. The van der Waals surface area contributed by atoms with E-state index in [1.165, 1.54) is 25.1 Å². The molecule has 1 amide bonds. The molecule has 0 spiro atoms. The molecule has 0 saturated heterocycles. The molecule has 0 heterocycles. The van der Waals surface area contributed by atoms with Gasteiger partial charge < -0.3 is 15.2 Å². The Kier molecular flexibility index (Phi) is 5.39. The summed E-state index contributed by atoms with van der Waals surface area (Å²) in [6.45, 7) is 1.52. The van der Waals surface area contributed by atoms with Gasteiger partial charge in [0.2, 0.25) is 0 Å². The largest absolute Gasteiger partial charge is 0.480 e. The molecule has 1 saturated carbocycles. The number of rotatable bonds is 7. The van der Waals surface area contributed by atoms with Crippen LogP contribution in [0.3, 0.4) is 0 Å². The van der Waals surface area contributed by atoms with Gasteiger partial charge in [0.05, 0.1) is 4.47 Å². The van der Waals surface area contributed by atoms with Crippen molar-refractivity contribution in [3.8, 4) is 5.75 Å². The van der Waals surface area contributed by atoms with E-state index in [4.69, 9.17) is 9.84 Å². The van der Waals surface area contributed by atoms with Crippen LogP contribution < -0.4 is 10.1 Å². The Balaban J connectivity index is 1.94. The highest BCUT2D eigenvalue weighted by molar-refractivity contribution is 9.10.